The van der Waals surface area contributed by atoms with E-state index < -0.39 is 49.7 Å². The number of hydrogen-bond acceptors (Lipinski definition) is 5. The van der Waals surface area contributed by atoms with E-state index in [1.165, 1.54) is 17.9 Å². The van der Waals surface area contributed by atoms with Gasteiger partial charge in [-0.15, -0.1) is 4.83 Å². The fourth-order valence-corrected chi connectivity index (χ4v) is 3.67. The minimum atomic E-state index is -4.71. The van der Waals surface area contributed by atoms with Crippen LogP contribution in [0.3, 0.4) is 0 Å². The second-order valence-electron chi connectivity index (χ2n) is 5.69. The van der Waals surface area contributed by atoms with Crippen molar-refractivity contribution in [2.75, 3.05) is 5.32 Å². The Balaban J connectivity index is 2.26. The molecule has 0 fully saturated rings. The monoisotopic (exact) mass is 477 g/mol. The van der Waals surface area contributed by atoms with Crippen LogP contribution in [0.15, 0.2) is 23.2 Å². The summed E-state index contributed by atoms with van der Waals surface area (Å²) in [6.07, 6.45) is -4.71. The highest BCUT2D eigenvalue weighted by Gasteiger charge is 2.37. The summed E-state index contributed by atoms with van der Waals surface area (Å²) in [5.74, 6) is -1.63. The van der Waals surface area contributed by atoms with Crippen LogP contribution in [0, 0.1) is 5.82 Å². The summed E-state index contributed by atoms with van der Waals surface area (Å²) in [6.45, 7) is 0.690. The van der Waals surface area contributed by atoms with Gasteiger partial charge in [0.15, 0.2) is 0 Å². The summed E-state index contributed by atoms with van der Waals surface area (Å²) >= 11 is 11.6. The molecule has 15 heteroatoms. The van der Waals surface area contributed by atoms with Crippen molar-refractivity contribution < 1.29 is 30.8 Å². The molecule has 8 nitrogen and oxygen atoms in total. The van der Waals surface area contributed by atoms with Crippen molar-refractivity contribution in [1.82, 2.24) is 20.0 Å². The zero-order chi connectivity index (χ0) is 22.1. The minimum Gasteiger partial charge on any atom is -0.321 e. The molecule has 3 N–H and O–H groups in total. The van der Waals surface area contributed by atoms with Gasteiger partial charge in [-0.25, -0.2) is 18.2 Å². The molecule has 160 valence electrons. The molecule has 0 aliphatic heterocycles. The summed E-state index contributed by atoms with van der Waals surface area (Å²) in [5, 5.41) is 4.14. The van der Waals surface area contributed by atoms with Gasteiger partial charge in [0.25, 0.3) is 15.9 Å². The number of nitrogens with zero attached hydrogens (tertiary/aromatic N) is 2. The third-order valence-corrected chi connectivity index (χ3v) is 5.45. The van der Waals surface area contributed by atoms with Crippen LogP contribution in [-0.2, 0) is 17.1 Å². The average molecular weight is 478 g/mol. The lowest BCUT2D eigenvalue weighted by Gasteiger charge is -2.17. The van der Waals surface area contributed by atoms with E-state index in [-0.39, 0.29) is 10.7 Å². The number of hydrazine groups is 1. The number of halogens is 6. The Morgan fingerprint density at radius 1 is 1.28 bits per heavy atom. The molecule has 0 spiro atoms. The van der Waals surface area contributed by atoms with Gasteiger partial charge in [-0.05, 0) is 25.1 Å². The summed E-state index contributed by atoms with van der Waals surface area (Å²) < 4.78 is 76.0. The van der Waals surface area contributed by atoms with Gasteiger partial charge in [0.1, 0.15) is 22.6 Å². The van der Waals surface area contributed by atoms with Crippen molar-refractivity contribution in [3.63, 3.8) is 0 Å². The second kappa shape index (κ2) is 8.44. The summed E-state index contributed by atoms with van der Waals surface area (Å²) in [6, 6.07) is 1.10. The molecule has 0 saturated heterocycles. The van der Waals surface area contributed by atoms with Gasteiger partial charge in [-0.1, -0.05) is 23.2 Å². The summed E-state index contributed by atoms with van der Waals surface area (Å²) in [5.41, 5.74) is 1.26. The summed E-state index contributed by atoms with van der Waals surface area (Å²) in [4.78, 5) is 13.9. The van der Waals surface area contributed by atoms with Gasteiger partial charge >= 0.3 is 6.18 Å². The number of nitrogens with one attached hydrogen (secondary N) is 3. The maximum atomic E-state index is 13.2. The first-order valence-electron chi connectivity index (χ1n) is 7.57. The van der Waals surface area contributed by atoms with Crippen molar-refractivity contribution in [3.8, 4) is 0 Å². The first kappa shape index (κ1) is 23.3. The Kier molecular flexibility index (Phi) is 6.79. The van der Waals surface area contributed by atoms with Gasteiger partial charge in [0.05, 0.1) is 5.02 Å². The molecule has 0 bridgehead atoms. The molecule has 1 heterocycles. The molecule has 1 aromatic carbocycles. The average Bonchev–Trinajstić information content (AvgIpc) is 2.90. The first-order chi connectivity index (χ1) is 13.2. The lowest BCUT2D eigenvalue weighted by Crippen LogP contribution is -2.49. The third-order valence-electron chi connectivity index (χ3n) is 3.51. The van der Waals surface area contributed by atoms with Crippen molar-refractivity contribution in [2.24, 2.45) is 7.05 Å². The first-order valence-corrected chi connectivity index (χ1v) is 9.81. The maximum absolute atomic E-state index is 13.2. The Morgan fingerprint density at radius 2 is 1.90 bits per heavy atom. The van der Waals surface area contributed by atoms with Crippen LogP contribution in [0.2, 0.25) is 10.0 Å². The van der Waals surface area contributed by atoms with E-state index >= 15 is 0 Å². The van der Waals surface area contributed by atoms with E-state index in [2.05, 4.69) is 10.4 Å². The molecule has 1 amide bonds. The van der Waals surface area contributed by atoms with Crippen LogP contribution in [-0.4, -0.2) is 36.3 Å². The standard InChI is InChI=1S/C14H13Cl2F4N5O3S/c1-6(14(18,19)20)22-24-29(27,28)13-10(16)11(25(2)23-13)12(26)21-7-3-4-9(17)8(15)5-7/h3-6,22,24H,1-2H3,(H,21,26). The van der Waals surface area contributed by atoms with Gasteiger partial charge in [-0.3, -0.25) is 9.48 Å². The Labute approximate surface area is 172 Å². The Morgan fingerprint density at radius 3 is 2.45 bits per heavy atom. The quantitative estimate of drug-likeness (QED) is 0.438. The van der Waals surface area contributed by atoms with Crippen molar-refractivity contribution in [1.29, 1.82) is 0 Å². The van der Waals surface area contributed by atoms with Gasteiger partial charge in [-0.2, -0.15) is 18.3 Å². The van der Waals surface area contributed by atoms with Gasteiger partial charge in [0, 0.05) is 12.7 Å². The molecule has 1 atom stereocenters. The molecule has 1 unspecified atom stereocenters. The third kappa shape index (κ3) is 5.36. The number of carbonyl (C=O) groups is 1. The fraction of sp³-hybridized carbons (Fsp3) is 0.286. The van der Waals surface area contributed by atoms with E-state index in [4.69, 9.17) is 23.2 Å². The van der Waals surface area contributed by atoms with Crippen molar-refractivity contribution in [3.05, 3.63) is 39.8 Å². The SMILES string of the molecule is CC(NNS(=O)(=O)c1nn(C)c(C(=O)Nc2ccc(F)c(Cl)c2)c1Cl)C(F)(F)F. The molecule has 2 aromatic rings. The van der Waals surface area contributed by atoms with Crippen LogP contribution in [0.25, 0.3) is 0 Å². The molecular weight excluding hydrogens is 465 g/mol. The highest BCUT2D eigenvalue weighted by molar-refractivity contribution is 7.89. The molecule has 2 rings (SSSR count). The number of benzene rings is 1. The predicted octanol–water partition coefficient (Wildman–Crippen LogP) is 2.85. The van der Waals surface area contributed by atoms with Gasteiger partial charge < -0.3 is 5.32 Å². The number of amides is 1. The zero-order valence-electron chi connectivity index (χ0n) is 14.6. The Hall–Kier alpha value is -1.93. The normalized spacial score (nSPS) is 13.4. The molecule has 0 radical (unpaired) electrons. The number of hydrogen-bond donors (Lipinski definition) is 3. The van der Waals surface area contributed by atoms with E-state index in [1.54, 1.807) is 5.43 Å². The van der Waals surface area contributed by atoms with E-state index in [0.717, 1.165) is 16.8 Å². The number of alkyl halides is 3. The topological polar surface area (TPSA) is 105 Å². The van der Waals surface area contributed by atoms with E-state index in [0.29, 0.717) is 6.92 Å². The predicted molar refractivity (Wildman–Crippen MR) is 96.6 cm³/mol. The number of rotatable bonds is 6. The molecule has 0 aliphatic rings. The highest BCUT2D eigenvalue weighted by atomic mass is 35.5. The van der Waals surface area contributed by atoms with Crippen molar-refractivity contribution >= 4 is 44.8 Å². The number of aromatic nitrogens is 2. The largest absolute Gasteiger partial charge is 0.404 e. The van der Waals surface area contributed by atoms with Crippen molar-refractivity contribution in [2.45, 2.75) is 24.2 Å². The van der Waals surface area contributed by atoms with Gasteiger partial charge in [0.2, 0.25) is 5.03 Å². The van der Waals surface area contributed by atoms with Crippen LogP contribution in [0.5, 0.6) is 0 Å². The Bertz CT molecular complexity index is 1040. The zero-order valence-corrected chi connectivity index (χ0v) is 16.9. The minimum absolute atomic E-state index is 0.0851. The molecular formula is C14H13Cl2F4N5O3S. The van der Waals surface area contributed by atoms with Crippen LogP contribution < -0.4 is 15.6 Å². The van der Waals surface area contributed by atoms with Crippen LogP contribution in [0.1, 0.15) is 17.4 Å². The maximum Gasteiger partial charge on any atom is 0.404 e. The van der Waals surface area contributed by atoms with Crippen LogP contribution >= 0.6 is 23.2 Å². The molecule has 0 aliphatic carbocycles. The fourth-order valence-electron chi connectivity index (χ4n) is 1.95. The number of aryl methyl sites for hydroxylation is 1. The van der Waals surface area contributed by atoms with E-state index in [9.17, 15) is 30.8 Å². The van der Waals surface area contributed by atoms with Crippen LogP contribution in [0.4, 0.5) is 23.2 Å². The number of carbonyl (C=O) groups excluding carboxylic acids is 1. The molecule has 0 saturated carbocycles. The highest BCUT2D eigenvalue weighted by Crippen LogP contribution is 2.26. The van der Waals surface area contributed by atoms with E-state index in [1.807, 2.05) is 0 Å². The number of sulfonamides is 1. The smallest absolute Gasteiger partial charge is 0.321 e. The lowest BCUT2D eigenvalue weighted by molar-refractivity contribution is -0.152. The second-order valence-corrected chi connectivity index (χ2v) is 8.07. The lowest BCUT2D eigenvalue weighted by atomic mass is 10.3. The number of anilines is 1. The molecule has 1 aromatic heterocycles. The molecule has 29 heavy (non-hydrogen) atoms. The summed E-state index contributed by atoms with van der Waals surface area (Å²) in [7, 11) is -3.44.